The Kier molecular flexibility index (Phi) is 6.32. The fourth-order valence-corrected chi connectivity index (χ4v) is 3.40. The van der Waals surface area contributed by atoms with Gasteiger partial charge in [0, 0.05) is 41.1 Å². The lowest BCUT2D eigenvalue weighted by Gasteiger charge is -2.23. The van der Waals surface area contributed by atoms with Crippen LogP contribution in [0.2, 0.25) is 15.1 Å². The van der Waals surface area contributed by atoms with Gasteiger partial charge in [-0.3, -0.25) is 9.78 Å². The first-order chi connectivity index (χ1) is 12.9. The fourth-order valence-electron chi connectivity index (χ4n) is 2.65. The molecule has 0 saturated carbocycles. The third kappa shape index (κ3) is 5.19. The van der Waals surface area contributed by atoms with Crippen LogP contribution in [0.4, 0.5) is 4.39 Å². The maximum Gasteiger partial charge on any atom is 0.254 e. The van der Waals surface area contributed by atoms with Gasteiger partial charge in [0.05, 0.1) is 5.02 Å². The highest BCUT2D eigenvalue weighted by atomic mass is 35.5. The Labute approximate surface area is 171 Å². The summed E-state index contributed by atoms with van der Waals surface area (Å²) in [6.45, 7) is 0.578. The Bertz CT molecular complexity index is 946. The highest BCUT2D eigenvalue weighted by Gasteiger charge is 2.18. The minimum absolute atomic E-state index is 0.104. The molecule has 2 aromatic carbocycles. The summed E-state index contributed by atoms with van der Waals surface area (Å²) in [5.41, 5.74) is 1.92. The Morgan fingerprint density at radius 2 is 1.67 bits per heavy atom. The fraction of sp³-hybridized carbons (Fsp3) is 0.100. The second-order valence-corrected chi connectivity index (χ2v) is 7.21. The van der Waals surface area contributed by atoms with Crippen LogP contribution in [0.15, 0.2) is 60.9 Å². The molecule has 3 nitrogen and oxygen atoms in total. The maximum atomic E-state index is 13.5. The Morgan fingerprint density at radius 1 is 0.963 bits per heavy atom. The van der Waals surface area contributed by atoms with Gasteiger partial charge in [-0.05, 0) is 53.6 Å². The van der Waals surface area contributed by atoms with Gasteiger partial charge in [0.25, 0.3) is 5.91 Å². The number of amides is 1. The summed E-state index contributed by atoms with van der Waals surface area (Å²) in [6, 6.07) is 12.7. The zero-order valence-corrected chi connectivity index (χ0v) is 16.3. The molecule has 0 N–H and O–H groups in total. The molecular formula is C20H14Cl3FN2O. The van der Waals surface area contributed by atoms with Gasteiger partial charge in [0.15, 0.2) is 0 Å². The average molecular weight is 424 g/mol. The van der Waals surface area contributed by atoms with Crippen molar-refractivity contribution in [3.8, 4) is 0 Å². The number of benzene rings is 2. The van der Waals surface area contributed by atoms with Crippen molar-refractivity contribution in [2.24, 2.45) is 0 Å². The molecule has 0 aliphatic heterocycles. The van der Waals surface area contributed by atoms with E-state index in [1.165, 1.54) is 18.2 Å². The third-order valence-electron chi connectivity index (χ3n) is 3.85. The van der Waals surface area contributed by atoms with Gasteiger partial charge in [-0.25, -0.2) is 4.39 Å². The molecule has 1 heterocycles. The number of hydrogen-bond donors (Lipinski definition) is 0. The number of carbonyl (C=O) groups excluding carboxylic acids is 1. The van der Waals surface area contributed by atoms with Crippen LogP contribution in [0.5, 0.6) is 0 Å². The molecule has 0 radical (unpaired) electrons. The van der Waals surface area contributed by atoms with E-state index in [0.717, 1.165) is 11.1 Å². The molecule has 0 aliphatic rings. The van der Waals surface area contributed by atoms with E-state index in [1.54, 1.807) is 41.6 Å². The second-order valence-electron chi connectivity index (χ2n) is 5.93. The largest absolute Gasteiger partial charge is 0.330 e. The Hall–Kier alpha value is -2.14. The zero-order valence-electron chi connectivity index (χ0n) is 14.0. The van der Waals surface area contributed by atoms with E-state index >= 15 is 0 Å². The highest BCUT2D eigenvalue weighted by molar-refractivity contribution is 6.34. The summed E-state index contributed by atoms with van der Waals surface area (Å²) in [4.78, 5) is 18.7. The van der Waals surface area contributed by atoms with Crippen LogP contribution in [0.25, 0.3) is 0 Å². The lowest BCUT2D eigenvalue weighted by molar-refractivity contribution is 0.0730. The van der Waals surface area contributed by atoms with Crippen molar-refractivity contribution in [2.75, 3.05) is 0 Å². The summed E-state index contributed by atoms with van der Waals surface area (Å²) in [5, 5.41) is 0.861. The lowest BCUT2D eigenvalue weighted by atomic mass is 10.1. The molecule has 138 valence electrons. The van der Waals surface area contributed by atoms with E-state index in [0.29, 0.717) is 22.2 Å². The van der Waals surface area contributed by atoms with Crippen molar-refractivity contribution in [2.45, 2.75) is 13.1 Å². The molecule has 0 aliphatic carbocycles. The number of carbonyl (C=O) groups is 1. The maximum absolute atomic E-state index is 13.5. The first kappa shape index (κ1) is 19.6. The summed E-state index contributed by atoms with van der Waals surface area (Å²) in [7, 11) is 0. The van der Waals surface area contributed by atoms with Gasteiger partial charge in [0.2, 0.25) is 0 Å². The van der Waals surface area contributed by atoms with Crippen LogP contribution in [0.1, 0.15) is 21.5 Å². The summed E-state index contributed by atoms with van der Waals surface area (Å²) in [6.07, 6.45) is 3.34. The predicted octanol–water partition coefficient (Wildman–Crippen LogP) is 6.02. The standard InChI is InChI=1S/C20H14Cl3FN2O/c21-16-6-14(7-17(22)9-16)12-26(11-13-2-1-5-25-10-13)20(27)15-3-4-19(24)18(23)8-15/h1-10H,11-12H2. The Balaban J connectivity index is 1.93. The van der Waals surface area contributed by atoms with E-state index in [1.807, 2.05) is 6.07 Å². The van der Waals surface area contributed by atoms with Gasteiger partial charge < -0.3 is 4.90 Å². The number of hydrogen-bond acceptors (Lipinski definition) is 2. The molecule has 0 bridgehead atoms. The van der Waals surface area contributed by atoms with Gasteiger partial charge in [-0.15, -0.1) is 0 Å². The molecule has 1 amide bonds. The molecular weight excluding hydrogens is 410 g/mol. The molecule has 0 fully saturated rings. The highest BCUT2D eigenvalue weighted by Crippen LogP contribution is 2.23. The Morgan fingerprint density at radius 3 is 2.30 bits per heavy atom. The van der Waals surface area contributed by atoms with E-state index < -0.39 is 5.82 Å². The molecule has 27 heavy (non-hydrogen) atoms. The predicted molar refractivity (Wildman–Crippen MR) is 106 cm³/mol. The molecule has 0 spiro atoms. The minimum atomic E-state index is -0.575. The number of halogens is 4. The van der Waals surface area contributed by atoms with E-state index in [9.17, 15) is 9.18 Å². The van der Waals surface area contributed by atoms with Crippen LogP contribution >= 0.6 is 34.8 Å². The van der Waals surface area contributed by atoms with Gasteiger partial charge >= 0.3 is 0 Å². The average Bonchev–Trinajstić information content (AvgIpc) is 2.63. The quantitative estimate of drug-likeness (QED) is 0.502. The topological polar surface area (TPSA) is 33.2 Å². The smallest absolute Gasteiger partial charge is 0.254 e. The van der Waals surface area contributed by atoms with Crippen molar-refractivity contribution in [3.05, 3.63) is 98.5 Å². The second kappa shape index (κ2) is 8.70. The SMILES string of the molecule is O=C(c1ccc(F)c(Cl)c1)N(Cc1cccnc1)Cc1cc(Cl)cc(Cl)c1. The van der Waals surface area contributed by atoms with Gasteiger partial charge in [-0.1, -0.05) is 40.9 Å². The first-order valence-corrected chi connectivity index (χ1v) is 9.14. The molecule has 3 aromatic rings. The third-order valence-corrected chi connectivity index (χ3v) is 4.57. The van der Waals surface area contributed by atoms with Crippen molar-refractivity contribution >= 4 is 40.7 Å². The first-order valence-electron chi connectivity index (χ1n) is 8.00. The lowest BCUT2D eigenvalue weighted by Crippen LogP contribution is -2.30. The molecule has 7 heteroatoms. The molecule has 1 aromatic heterocycles. The molecule has 0 unspecified atom stereocenters. The zero-order chi connectivity index (χ0) is 19.4. The molecule has 0 atom stereocenters. The van der Waals surface area contributed by atoms with Crippen LogP contribution < -0.4 is 0 Å². The summed E-state index contributed by atoms with van der Waals surface area (Å²) in [5.74, 6) is -0.870. The number of aromatic nitrogens is 1. The molecule has 0 saturated heterocycles. The van der Waals surface area contributed by atoms with E-state index in [-0.39, 0.29) is 17.5 Å². The molecule has 3 rings (SSSR count). The summed E-state index contributed by atoms with van der Waals surface area (Å²) < 4.78 is 13.5. The van der Waals surface area contributed by atoms with Gasteiger partial charge in [0.1, 0.15) is 5.82 Å². The van der Waals surface area contributed by atoms with Crippen LogP contribution in [-0.2, 0) is 13.1 Å². The van der Waals surface area contributed by atoms with E-state index in [4.69, 9.17) is 34.8 Å². The van der Waals surface area contributed by atoms with Crippen LogP contribution in [-0.4, -0.2) is 15.8 Å². The van der Waals surface area contributed by atoms with Crippen molar-refractivity contribution < 1.29 is 9.18 Å². The van der Waals surface area contributed by atoms with Crippen LogP contribution in [0.3, 0.4) is 0 Å². The van der Waals surface area contributed by atoms with Crippen LogP contribution in [0, 0.1) is 5.82 Å². The number of nitrogens with zero attached hydrogens (tertiary/aromatic N) is 2. The van der Waals surface area contributed by atoms with Crippen molar-refractivity contribution in [1.29, 1.82) is 0 Å². The number of rotatable bonds is 5. The monoisotopic (exact) mass is 422 g/mol. The van der Waals surface area contributed by atoms with Crippen molar-refractivity contribution in [1.82, 2.24) is 9.88 Å². The summed E-state index contributed by atoms with van der Waals surface area (Å²) >= 11 is 18.0. The van der Waals surface area contributed by atoms with Gasteiger partial charge in [-0.2, -0.15) is 0 Å². The van der Waals surface area contributed by atoms with E-state index in [2.05, 4.69) is 4.98 Å². The minimum Gasteiger partial charge on any atom is -0.330 e. The van der Waals surface area contributed by atoms with Crippen molar-refractivity contribution in [3.63, 3.8) is 0 Å². The number of pyridine rings is 1. The normalized spacial score (nSPS) is 10.7.